The average Bonchev–Trinajstić information content (AvgIpc) is 2.98. The van der Waals surface area contributed by atoms with E-state index in [2.05, 4.69) is 10.7 Å². The molecule has 0 bridgehead atoms. The molecule has 2 amide bonds. The Morgan fingerprint density at radius 1 is 1.68 bits per heavy atom. The summed E-state index contributed by atoms with van der Waals surface area (Å²) in [5.41, 5.74) is 6.37. The molecule has 1 aliphatic heterocycles. The topological polar surface area (TPSA) is 75.4 Å². The zero-order chi connectivity index (χ0) is 13.8. The van der Waals surface area contributed by atoms with Gasteiger partial charge in [-0.15, -0.1) is 0 Å². The summed E-state index contributed by atoms with van der Waals surface area (Å²) < 4.78 is 0. The summed E-state index contributed by atoms with van der Waals surface area (Å²) in [4.78, 5) is 24.7. The van der Waals surface area contributed by atoms with Gasteiger partial charge in [0.05, 0.1) is 5.92 Å². The van der Waals surface area contributed by atoms with Gasteiger partial charge in [0.15, 0.2) is 0 Å². The Balaban J connectivity index is 1.78. The number of amides is 2. The molecule has 5 nitrogen and oxygen atoms in total. The van der Waals surface area contributed by atoms with E-state index < -0.39 is 0 Å². The van der Waals surface area contributed by atoms with E-state index in [-0.39, 0.29) is 30.2 Å². The molecule has 3 N–H and O–H groups in total. The molecule has 0 aliphatic carbocycles. The van der Waals surface area contributed by atoms with Crippen LogP contribution in [0.1, 0.15) is 19.8 Å². The van der Waals surface area contributed by atoms with Gasteiger partial charge in [-0.2, -0.15) is 11.3 Å². The molecule has 2 heterocycles. The maximum atomic E-state index is 11.8. The number of likely N-dealkylation sites (tertiary alicyclic amines) is 1. The van der Waals surface area contributed by atoms with Gasteiger partial charge in [0, 0.05) is 36.6 Å². The molecule has 6 heteroatoms. The second-order valence-corrected chi connectivity index (χ2v) is 5.71. The van der Waals surface area contributed by atoms with Crippen molar-refractivity contribution in [2.75, 3.05) is 18.4 Å². The molecular formula is C13H19N3O2S. The van der Waals surface area contributed by atoms with Crippen molar-refractivity contribution in [1.29, 1.82) is 0 Å². The third-order valence-electron chi connectivity index (χ3n) is 3.51. The van der Waals surface area contributed by atoms with Crippen molar-refractivity contribution < 1.29 is 9.59 Å². The summed E-state index contributed by atoms with van der Waals surface area (Å²) in [6, 6.07) is 2.16. The SMILES string of the molecule is CC(CCNc1ccsc1)N1CC(C(N)=O)CC1=O. The Morgan fingerprint density at radius 2 is 2.47 bits per heavy atom. The van der Waals surface area contributed by atoms with Gasteiger partial charge in [0.2, 0.25) is 11.8 Å². The molecule has 0 spiro atoms. The molecule has 1 fully saturated rings. The number of carbonyl (C=O) groups is 2. The predicted molar refractivity (Wildman–Crippen MR) is 75.9 cm³/mol. The Hall–Kier alpha value is -1.56. The first kappa shape index (κ1) is 13.9. The standard InChI is InChI=1S/C13H19N3O2S/c1-9(2-4-15-11-3-5-19-8-11)16-7-10(13(14)18)6-12(16)17/h3,5,8-10,15H,2,4,6-7H2,1H3,(H2,14,18). The number of rotatable bonds is 6. The first-order chi connectivity index (χ1) is 9.08. The van der Waals surface area contributed by atoms with Crippen molar-refractivity contribution in [2.45, 2.75) is 25.8 Å². The van der Waals surface area contributed by atoms with E-state index in [1.807, 2.05) is 18.4 Å². The van der Waals surface area contributed by atoms with Gasteiger partial charge in [0.25, 0.3) is 0 Å². The van der Waals surface area contributed by atoms with Crippen LogP contribution < -0.4 is 11.1 Å². The van der Waals surface area contributed by atoms with E-state index in [1.54, 1.807) is 16.2 Å². The van der Waals surface area contributed by atoms with E-state index in [9.17, 15) is 9.59 Å². The third-order valence-corrected chi connectivity index (χ3v) is 4.19. The van der Waals surface area contributed by atoms with Gasteiger partial charge in [-0.05, 0) is 24.8 Å². The van der Waals surface area contributed by atoms with E-state index in [0.29, 0.717) is 6.54 Å². The largest absolute Gasteiger partial charge is 0.384 e. The number of nitrogens with one attached hydrogen (secondary N) is 1. The summed E-state index contributed by atoms with van der Waals surface area (Å²) in [5.74, 6) is -0.661. The zero-order valence-electron chi connectivity index (χ0n) is 11.0. The molecule has 0 saturated carbocycles. The maximum absolute atomic E-state index is 11.8. The molecule has 2 rings (SSSR count). The molecule has 0 radical (unpaired) electrons. The molecule has 1 aliphatic rings. The van der Waals surface area contributed by atoms with Gasteiger partial charge < -0.3 is 16.0 Å². The second-order valence-electron chi connectivity index (χ2n) is 4.93. The normalized spacial score (nSPS) is 20.6. The number of hydrogen-bond acceptors (Lipinski definition) is 4. The molecule has 104 valence electrons. The number of thiophene rings is 1. The van der Waals surface area contributed by atoms with Crippen molar-refractivity contribution in [3.8, 4) is 0 Å². The Kier molecular flexibility index (Phi) is 4.42. The van der Waals surface area contributed by atoms with Crippen molar-refractivity contribution in [1.82, 2.24) is 4.90 Å². The summed E-state index contributed by atoms with van der Waals surface area (Å²) >= 11 is 1.65. The third kappa shape index (κ3) is 3.47. The molecule has 1 saturated heterocycles. The molecule has 1 aromatic heterocycles. The Labute approximate surface area is 116 Å². The number of hydrogen-bond donors (Lipinski definition) is 2. The fourth-order valence-corrected chi connectivity index (χ4v) is 2.91. The minimum absolute atomic E-state index is 0.0341. The lowest BCUT2D eigenvalue weighted by molar-refractivity contribution is -0.129. The summed E-state index contributed by atoms with van der Waals surface area (Å²) in [7, 11) is 0. The molecule has 2 atom stereocenters. The molecule has 0 aromatic carbocycles. The van der Waals surface area contributed by atoms with Crippen LogP contribution in [0.4, 0.5) is 5.69 Å². The van der Waals surface area contributed by atoms with Crippen LogP contribution in [0.5, 0.6) is 0 Å². The highest BCUT2D eigenvalue weighted by atomic mass is 32.1. The van der Waals surface area contributed by atoms with E-state index >= 15 is 0 Å². The van der Waals surface area contributed by atoms with Crippen LogP contribution in [0.15, 0.2) is 16.8 Å². The van der Waals surface area contributed by atoms with Crippen molar-refractivity contribution in [3.05, 3.63) is 16.8 Å². The van der Waals surface area contributed by atoms with Crippen LogP contribution in [0.3, 0.4) is 0 Å². The fraction of sp³-hybridized carbons (Fsp3) is 0.538. The summed E-state index contributed by atoms with van der Waals surface area (Å²) in [5, 5.41) is 7.38. The van der Waals surface area contributed by atoms with Gasteiger partial charge >= 0.3 is 0 Å². The van der Waals surface area contributed by atoms with Crippen LogP contribution in [0.2, 0.25) is 0 Å². The predicted octanol–water partition coefficient (Wildman–Crippen LogP) is 1.27. The van der Waals surface area contributed by atoms with E-state index in [1.165, 1.54) is 0 Å². The molecule has 2 unspecified atom stereocenters. The van der Waals surface area contributed by atoms with Crippen LogP contribution >= 0.6 is 11.3 Å². The molecule has 1 aromatic rings. The highest BCUT2D eigenvalue weighted by Crippen LogP contribution is 2.21. The minimum atomic E-state index is -0.376. The smallest absolute Gasteiger partial charge is 0.223 e. The average molecular weight is 281 g/mol. The second kappa shape index (κ2) is 6.06. The fourth-order valence-electron chi connectivity index (χ4n) is 2.29. The van der Waals surface area contributed by atoms with Crippen LogP contribution in [-0.4, -0.2) is 35.8 Å². The molecule has 19 heavy (non-hydrogen) atoms. The van der Waals surface area contributed by atoms with Gasteiger partial charge in [-0.25, -0.2) is 0 Å². The van der Waals surface area contributed by atoms with Gasteiger partial charge in [-0.1, -0.05) is 0 Å². The highest BCUT2D eigenvalue weighted by Gasteiger charge is 2.35. The Bertz CT molecular complexity index is 447. The van der Waals surface area contributed by atoms with E-state index in [0.717, 1.165) is 18.7 Å². The van der Waals surface area contributed by atoms with Crippen molar-refractivity contribution in [3.63, 3.8) is 0 Å². The van der Waals surface area contributed by atoms with Gasteiger partial charge in [0.1, 0.15) is 0 Å². The lowest BCUT2D eigenvalue weighted by atomic mass is 10.1. The van der Waals surface area contributed by atoms with Crippen LogP contribution in [0, 0.1) is 5.92 Å². The number of nitrogens with zero attached hydrogens (tertiary/aromatic N) is 1. The highest BCUT2D eigenvalue weighted by molar-refractivity contribution is 7.08. The maximum Gasteiger partial charge on any atom is 0.223 e. The van der Waals surface area contributed by atoms with E-state index in [4.69, 9.17) is 5.73 Å². The van der Waals surface area contributed by atoms with Crippen LogP contribution in [-0.2, 0) is 9.59 Å². The Morgan fingerprint density at radius 3 is 3.05 bits per heavy atom. The zero-order valence-corrected chi connectivity index (χ0v) is 11.8. The lowest BCUT2D eigenvalue weighted by Crippen LogP contribution is -2.36. The number of anilines is 1. The van der Waals surface area contributed by atoms with Crippen molar-refractivity contribution in [2.24, 2.45) is 11.7 Å². The number of primary amides is 1. The number of carbonyl (C=O) groups excluding carboxylic acids is 2. The lowest BCUT2D eigenvalue weighted by Gasteiger charge is -2.24. The first-order valence-electron chi connectivity index (χ1n) is 6.42. The molecular weight excluding hydrogens is 262 g/mol. The quantitative estimate of drug-likeness (QED) is 0.824. The van der Waals surface area contributed by atoms with Crippen LogP contribution in [0.25, 0.3) is 0 Å². The summed E-state index contributed by atoms with van der Waals surface area (Å²) in [6.45, 7) is 3.28. The number of nitrogens with two attached hydrogens (primary N) is 1. The monoisotopic (exact) mass is 281 g/mol. The van der Waals surface area contributed by atoms with Gasteiger partial charge in [-0.3, -0.25) is 9.59 Å². The minimum Gasteiger partial charge on any atom is -0.384 e. The first-order valence-corrected chi connectivity index (χ1v) is 7.37. The van der Waals surface area contributed by atoms with Crippen molar-refractivity contribution >= 4 is 28.8 Å². The summed E-state index contributed by atoms with van der Waals surface area (Å²) in [6.07, 6.45) is 1.12.